The fourth-order valence-corrected chi connectivity index (χ4v) is 2.55. The fourth-order valence-electron chi connectivity index (χ4n) is 2.55. The van der Waals surface area contributed by atoms with E-state index in [-0.39, 0.29) is 6.09 Å². The van der Waals surface area contributed by atoms with Crippen molar-refractivity contribution in [2.24, 2.45) is 0 Å². The Morgan fingerprint density at radius 3 is 2.48 bits per heavy atom. The number of rotatable bonds is 5. The Labute approximate surface area is 139 Å². The van der Waals surface area contributed by atoms with Gasteiger partial charge in [0.05, 0.1) is 0 Å². The minimum absolute atomic E-state index is 0.237. The number of carbonyl (C=O) groups is 1. The van der Waals surface area contributed by atoms with E-state index in [4.69, 9.17) is 4.74 Å². The first-order valence-corrected chi connectivity index (χ1v) is 8.35. The molecule has 0 heterocycles. The smallest absolute Gasteiger partial charge is 0.410 e. The monoisotopic (exact) mass is 313 g/mol. The van der Waals surface area contributed by atoms with Crippen molar-refractivity contribution in [1.29, 1.82) is 0 Å². The topological polar surface area (TPSA) is 29.5 Å². The molecule has 0 unspecified atom stereocenters. The number of ether oxygens (including phenoxy) is 1. The van der Waals surface area contributed by atoms with Crippen LogP contribution in [-0.4, -0.2) is 23.1 Å². The summed E-state index contributed by atoms with van der Waals surface area (Å²) >= 11 is 0. The minimum Gasteiger partial charge on any atom is -0.444 e. The van der Waals surface area contributed by atoms with E-state index in [1.165, 1.54) is 10.8 Å². The summed E-state index contributed by atoms with van der Waals surface area (Å²) in [6.45, 7) is 9.14. The number of unbranched alkanes of at least 4 members (excludes halogenated alkanes) is 1. The molecule has 0 spiro atoms. The van der Waals surface area contributed by atoms with E-state index in [1.807, 2.05) is 43.9 Å². The summed E-state index contributed by atoms with van der Waals surface area (Å²) < 4.78 is 5.57. The van der Waals surface area contributed by atoms with Gasteiger partial charge < -0.3 is 9.64 Å². The van der Waals surface area contributed by atoms with Gasteiger partial charge in [-0.3, -0.25) is 0 Å². The van der Waals surface area contributed by atoms with Gasteiger partial charge in [-0.1, -0.05) is 55.8 Å². The highest BCUT2D eigenvalue weighted by atomic mass is 16.6. The average Bonchev–Trinajstić information content (AvgIpc) is 2.49. The second kappa shape index (κ2) is 7.49. The lowest BCUT2D eigenvalue weighted by Crippen LogP contribution is -2.37. The number of hydrogen-bond acceptors (Lipinski definition) is 2. The lowest BCUT2D eigenvalue weighted by Gasteiger charge is -2.27. The molecule has 0 N–H and O–H groups in total. The Hall–Kier alpha value is -2.03. The first-order chi connectivity index (χ1) is 10.9. The number of hydrogen-bond donors (Lipinski definition) is 0. The van der Waals surface area contributed by atoms with E-state index >= 15 is 0 Å². The SMILES string of the molecule is CCCCN(Cc1cccc2ccccc12)C(=O)OC(C)(C)C. The lowest BCUT2D eigenvalue weighted by atomic mass is 10.0. The second-order valence-electron chi connectivity index (χ2n) is 6.89. The summed E-state index contributed by atoms with van der Waals surface area (Å²) in [5, 5.41) is 2.39. The van der Waals surface area contributed by atoms with E-state index in [0.29, 0.717) is 13.1 Å². The molecule has 0 saturated heterocycles. The van der Waals surface area contributed by atoms with Crippen LogP contribution in [0.1, 0.15) is 46.1 Å². The van der Waals surface area contributed by atoms with Crippen molar-refractivity contribution in [3.05, 3.63) is 48.0 Å². The number of fused-ring (bicyclic) bond motifs is 1. The third-order valence-corrected chi connectivity index (χ3v) is 3.67. The van der Waals surface area contributed by atoms with Gasteiger partial charge in [-0.05, 0) is 43.5 Å². The van der Waals surface area contributed by atoms with Crippen molar-refractivity contribution >= 4 is 16.9 Å². The second-order valence-corrected chi connectivity index (χ2v) is 6.89. The fraction of sp³-hybridized carbons (Fsp3) is 0.450. The van der Waals surface area contributed by atoms with Gasteiger partial charge in [-0.15, -0.1) is 0 Å². The normalized spacial score (nSPS) is 11.5. The predicted octanol–water partition coefficient (Wildman–Crippen LogP) is 5.38. The van der Waals surface area contributed by atoms with E-state index < -0.39 is 5.60 Å². The van der Waals surface area contributed by atoms with Crippen LogP contribution >= 0.6 is 0 Å². The number of carbonyl (C=O) groups excluding carboxylic acids is 1. The standard InChI is InChI=1S/C20H27NO2/c1-5-6-14-21(19(22)23-20(2,3)4)15-17-12-9-11-16-10-7-8-13-18(16)17/h7-13H,5-6,14-15H2,1-4H3. The number of amides is 1. The number of nitrogens with zero attached hydrogens (tertiary/aromatic N) is 1. The zero-order chi connectivity index (χ0) is 16.9. The van der Waals surface area contributed by atoms with Crippen LogP contribution in [0, 0.1) is 0 Å². The van der Waals surface area contributed by atoms with Crippen LogP contribution in [0.3, 0.4) is 0 Å². The number of benzene rings is 2. The van der Waals surface area contributed by atoms with Gasteiger partial charge in [0, 0.05) is 13.1 Å². The molecule has 0 saturated carbocycles. The third-order valence-electron chi connectivity index (χ3n) is 3.67. The Balaban J connectivity index is 2.24. The summed E-state index contributed by atoms with van der Waals surface area (Å²) in [4.78, 5) is 14.3. The molecule has 1 amide bonds. The summed E-state index contributed by atoms with van der Waals surface area (Å²) in [6.07, 6.45) is 1.79. The van der Waals surface area contributed by atoms with Crippen molar-refractivity contribution < 1.29 is 9.53 Å². The van der Waals surface area contributed by atoms with Crippen LogP contribution in [0.2, 0.25) is 0 Å². The molecule has 3 nitrogen and oxygen atoms in total. The molecule has 2 aromatic carbocycles. The van der Waals surface area contributed by atoms with Crippen LogP contribution in [0.25, 0.3) is 10.8 Å². The van der Waals surface area contributed by atoms with E-state index in [1.54, 1.807) is 0 Å². The van der Waals surface area contributed by atoms with Gasteiger partial charge in [-0.25, -0.2) is 4.79 Å². The molecule has 0 aliphatic heterocycles. The van der Waals surface area contributed by atoms with E-state index in [2.05, 4.69) is 31.2 Å². The Morgan fingerprint density at radius 2 is 1.78 bits per heavy atom. The van der Waals surface area contributed by atoms with Crippen LogP contribution in [-0.2, 0) is 11.3 Å². The van der Waals surface area contributed by atoms with Crippen molar-refractivity contribution in [2.75, 3.05) is 6.54 Å². The van der Waals surface area contributed by atoms with E-state index in [9.17, 15) is 4.79 Å². The minimum atomic E-state index is -0.472. The summed E-state index contributed by atoms with van der Waals surface area (Å²) in [6, 6.07) is 14.5. The van der Waals surface area contributed by atoms with Crippen LogP contribution < -0.4 is 0 Å². The molecule has 0 aliphatic carbocycles. The Kier molecular flexibility index (Phi) is 5.64. The highest BCUT2D eigenvalue weighted by Crippen LogP contribution is 2.21. The van der Waals surface area contributed by atoms with E-state index in [0.717, 1.165) is 18.4 Å². The Morgan fingerprint density at radius 1 is 1.09 bits per heavy atom. The summed E-state index contributed by atoms with van der Waals surface area (Å²) in [7, 11) is 0. The van der Waals surface area contributed by atoms with Gasteiger partial charge >= 0.3 is 6.09 Å². The van der Waals surface area contributed by atoms with Crippen LogP contribution in [0.15, 0.2) is 42.5 Å². The van der Waals surface area contributed by atoms with Crippen LogP contribution in [0.4, 0.5) is 4.79 Å². The van der Waals surface area contributed by atoms with Gasteiger partial charge in [0.25, 0.3) is 0 Å². The van der Waals surface area contributed by atoms with Gasteiger partial charge in [0.2, 0.25) is 0 Å². The van der Waals surface area contributed by atoms with Crippen molar-refractivity contribution in [1.82, 2.24) is 4.90 Å². The van der Waals surface area contributed by atoms with Crippen molar-refractivity contribution in [3.63, 3.8) is 0 Å². The first-order valence-electron chi connectivity index (χ1n) is 8.35. The molecule has 124 valence electrons. The third kappa shape index (κ3) is 4.98. The van der Waals surface area contributed by atoms with Gasteiger partial charge in [-0.2, -0.15) is 0 Å². The molecular formula is C20H27NO2. The zero-order valence-electron chi connectivity index (χ0n) is 14.6. The molecule has 0 aliphatic rings. The quantitative estimate of drug-likeness (QED) is 0.742. The molecule has 2 rings (SSSR count). The van der Waals surface area contributed by atoms with Crippen molar-refractivity contribution in [3.8, 4) is 0 Å². The largest absolute Gasteiger partial charge is 0.444 e. The molecule has 23 heavy (non-hydrogen) atoms. The maximum absolute atomic E-state index is 12.5. The summed E-state index contributed by atoms with van der Waals surface area (Å²) in [5.74, 6) is 0. The molecule has 0 bridgehead atoms. The Bertz CT molecular complexity index is 653. The molecule has 0 radical (unpaired) electrons. The molecule has 0 atom stereocenters. The highest BCUT2D eigenvalue weighted by Gasteiger charge is 2.22. The highest BCUT2D eigenvalue weighted by molar-refractivity contribution is 5.86. The zero-order valence-corrected chi connectivity index (χ0v) is 14.6. The van der Waals surface area contributed by atoms with Crippen molar-refractivity contribution in [2.45, 2.75) is 52.7 Å². The molecule has 3 heteroatoms. The average molecular weight is 313 g/mol. The molecule has 0 fully saturated rings. The first kappa shape index (κ1) is 17.3. The predicted molar refractivity (Wildman–Crippen MR) is 95.5 cm³/mol. The van der Waals surface area contributed by atoms with Gasteiger partial charge in [0.15, 0.2) is 0 Å². The van der Waals surface area contributed by atoms with Gasteiger partial charge in [0.1, 0.15) is 5.60 Å². The molecule has 0 aromatic heterocycles. The van der Waals surface area contributed by atoms with Crippen LogP contribution in [0.5, 0.6) is 0 Å². The molecular weight excluding hydrogens is 286 g/mol. The summed E-state index contributed by atoms with van der Waals surface area (Å²) in [5.41, 5.74) is 0.686. The maximum atomic E-state index is 12.5. The maximum Gasteiger partial charge on any atom is 0.410 e. The molecule has 2 aromatic rings. The lowest BCUT2D eigenvalue weighted by molar-refractivity contribution is 0.0232.